The van der Waals surface area contributed by atoms with E-state index in [0.717, 1.165) is 11.3 Å². The van der Waals surface area contributed by atoms with E-state index in [9.17, 15) is 0 Å². The van der Waals surface area contributed by atoms with Crippen molar-refractivity contribution < 1.29 is 0 Å². The third-order valence-corrected chi connectivity index (χ3v) is 13.5. The Hall–Kier alpha value is -1.22. The molecule has 3 aliphatic rings. The van der Waals surface area contributed by atoms with Gasteiger partial charge in [-0.2, -0.15) is 0 Å². The number of hydrogen-bond acceptors (Lipinski definition) is 0. The first kappa shape index (κ1) is 20.7. The lowest BCUT2D eigenvalue weighted by atomic mass is 10.3. The van der Waals surface area contributed by atoms with Crippen LogP contribution in [-0.4, -0.2) is 17.5 Å². The Kier molecular flexibility index (Phi) is 6.85. The molecular formula is C28H34P2. The van der Waals surface area contributed by atoms with Gasteiger partial charge >= 0.3 is 0 Å². The van der Waals surface area contributed by atoms with Gasteiger partial charge in [0, 0.05) is 0 Å². The molecule has 0 nitrogen and oxygen atoms in total. The van der Waals surface area contributed by atoms with Crippen molar-refractivity contribution in [3.8, 4) is 0 Å². The predicted octanol–water partition coefficient (Wildman–Crippen LogP) is 7.70. The maximum atomic E-state index is 2.50. The monoisotopic (exact) mass is 432 g/mol. The zero-order valence-corrected chi connectivity index (χ0v) is 19.8. The van der Waals surface area contributed by atoms with Gasteiger partial charge in [0.25, 0.3) is 0 Å². The molecule has 0 spiro atoms. The molecule has 5 rings (SSSR count). The Bertz CT molecular complexity index is 816. The molecule has 156 valence electrons. The molecule has 2 fully saturated rings. The minimum Gasteiger partial charge on any atom is -0.0961 e. The molecule has 2 aromatic rings. The average molecular weight is 433 g/mol. The number of rotatable bonds is 7. The molecule has 0 aliphatic heterocycles. The van der Waals surface area contributed by atoms with Gasteiger partial charge in [-0.05, 0) is 73.4 Å². The summed E-state index contributed by atoms with van der Waals surface area (Å²) in [4.78, 5) is 0. The zero-order chi connectivity index (χ0) is 20.2. The van der Waals surface area contributed by atoms with E-state index in [1.165, 1.54) is 74.6 Å². The summed E-state index contributed by atoms with van der Waals surface area (Å²) in [6.45, 7) is 0. The van der Waals surface area contributed by atoms with E-state index < -0.39 is 7.92 Å². The molecule has 2 aromatic carbocycles. The van der Waals surface area contributed by atoms with Crippen molar-refractivity contribution in [3.05, 3.63) is 83.7 Å². The fourth-order valence-electron chi connectivity index (χ4n) is 5.74. The molecular weight excluding hydrogens is 398 g/mol. The Morgan fingerprint density at radius 1 is 0.667 bits per heavy atom. The molecule has 0 amide bonds. The summed E-state index contributed by atoms with van der Waals surface area (Å²) in [6.07, 6.45) is 19.6. The quantitative estimate of drug-likeness (QED) is 0.393. The highest BCUT2D eigenvalue weighted by Crippen LogP contribution is 2.60. The molecule has 2 heteroatoms. The maximum Gasteiger partial charge on any atom is -0.00967 e. The van der Waals surface area contributed by atoms with Gasteiger partial charge in [0.2, 0.25) is 0 Å². The normalized spacial score (nSPS) is 20.3. The van der Waals surface area contributed by atoms with E-state index in [-0.39, 0.29) is 7.92 Å². The van der Waals surface area contributed by atoms with Gasteiger partial charge in [-0.3, -0.25) is 0 Å². The van der Waals surface area contributed by atoms with Gasteiger partial charge in [0.15, 0.2) is 0 Å². The molecule has 0 radical (unpaired) electrons. The fourth-order valence-corrected chi connectivity index (χ4v) is 12.3. The lowest BCUT2D eigenvalue weighted by Crippen LogP contribution is -2.16. The molecule has 0 heterocycles. The van der Waals surface area contributed by atoms with Crippen molar-refractivity contribution in [2.45, 2.75) is 69.1 Å². The highest BCUT2D eigenvalue weighted by atomic mass is 31.1. The Balaban J connectivity index is 1.50. The van der Waals surface area contributed by atoms with E-state index in [2.05, 4.69) is 72.8 Å². The standard InChI is InChI=1S/C28H34P2/c1-3-17-26(18-4-1)30(27-19-5-2-6-20-27)28-21-11-12-23(28)22-29(24-13-7-8-14-24)25-15-9-10-16-25/h1-6,11,17-21,24-25H,7-10,12-16,22H2. The van der Waals surface area contributed by atoms with Crippen LogP contribution >= 0.6 is 15.8 Å². The fraction of sp³-hybridized carbons (Fsp3) is 0.429. The van der Waals surface area contributed by atoms with Crippen molar-refractivity contribution in [1.82, 2.24) is 0 Å². The zero-order valence-electron chi connectivity index (χ0n) is 18.0. The smallest absolute Gasteiger partial charge is 0.00967 e. The van der Waals surface area contributed by atoms with Crippen molar-refractivity contribution >= 4 is 26.5 Å². The number of allylic oxidation sites excluding steroid dienone is 4. The van der Waals surface area contributed by atoms with Crippen molar-refractivity contribution in [1.29, 1.82) is 0 Å². The molecule has 2 saturated carbocycles. The molecule has 0 aromatic heterocycles. The first-order valence-electron chi connectivity index (χ1n) is 11.9. The second-order valence-corrected chi connectivity index (χ2v) is 14.1. The maximum absolute atomic E-state index is 2.50. The molecule has 0 unspecified atom stereocenters. The van der Waals surface area contributed by atoms with Crippen molar-refractivity contribution in [2.24, 2.45) is 0 Å². The average Bonchev–Trinajstić information content (AvgIpc) is 3.57. The molecule has 0 saturated heterocycles. The van der Waals surface area contributed by atoms with Crippen LogP contribution in [0, 0.1) is 0 Å². The van der Waals surface area contributed by atoms with Crippen LogP contribution in [0.25, 0.3) is 0 Å². The molecule has 0 atom stereocenters. The van der Waals surface area contributed by atoms with Crippen LogP contribution in [0.5, 0.6) is 0 Å². The second-order valence-electron chi connectivity index (χ2n) is 9.15. The van der Waals surface area contributed by atoms with Gasteiger partial charge in [-0.15, -0.1) is 0 Å². The van der Waals surface area contributed by atoms with Crippen LogP contribution in [0.2, 0.25) is 0 Å². The van der Waals surface area contributed by atoms with E-state index in [1.54, 1.807) is 10.9 Å². The summed E-state index contributed by atoms with van der Waals surface area (Å²) < 4.78 is 0. The van der Waals surface area contributed by atoms with Gasteiger partial charge < -0.3 is 0 Å². The first-order chi connectivity index (χ1) is 14.9. The Morgan fingerprint density at radius 2 is 1.17 bits per heavy atom. The SMILES string of the molecule is C1=CC(P(c2ccccc2)c2ccccc2)=C(CP(C2CCCC2)C2CCCC2)C1. The third kappa shape index (κ3) is 4.52. The summed E-state index contributed by atoms with van der Waals surface area (Å²) in [5.41, 5.74) is 3.90. The highest BCUT2D eigenvalue weighted by Gasteiger charge is 2.34. The first-order valence-corrected chi connectivity index (χ1v) is 15.0. The topological polar surface area (TPSA) is 0 Å². The van der Waals surface area contributed by atoms with E-state index in [4.69, 9.17) is 0 Å². The largest absolute Gasteiger partial charge is 0.0961 e. The van der Waals surface area contributed by atoms with Crippen LogP contribution in [-0.2, 0) is 0 Å². The summed E-state index contributed by atoms with van der Waals surface area (Å²) in [5, 5.41) is 4.68. The second kappa shape index (κ2) is 9.94. The summed E-state index contributed by atoms with van der Waals surface area (Å²) in [6, 6.07) is 22.6. The predicted molar refractivity (Wildman–Crippen MR) is 136 cm³/mol. The minimum atomic E-state index is -0.443. The van der Waals surface area contributed by atoms with Crippen LogP contribution in [0.15, 0.2) is 83.7 Å². The highest BCUT2D eigenvalue weighted by molar-refractivity contribution is 7.77. The van der Waals surface area contributed by atoms with Crippen LogP contribution < -0.4 is 10.6 Å². The molecule has 0 N–H and O–H groups in total. The third-order valence-electron chi connectivity index (χ3n) is 7.23. The lowest BCUT2D eigenvalue weighted by Gasteiger charge is -2.32. The van der Waals surface area contributed by atoms with Crippen molar-refractivity contribution in [3.63, 3.8) is 0 Å². The van der Waals surface area contributed by atoms with Gasteiger partial charge in [0.1, 0.15) is 0 Å². The summed E-state index contributed by atoms with van der Waals surface area (Å²) in [7, 11) is -0.294. The van der Waals surface area contributed by atoms with Crippen LogP contribution in [0.4, 0.5) is 0 Å². The van der Waals surface area contributed by atoms with E-state index in [0.29, 0.717) is 0 Å². The number of hydrogen-bond donors (Lipinski definition) is 0. The Labute approximate surface area is 185 Å². The summed E-state index contributed by atoms with van der Waals surface area (Å²) >= 11 is 0. The van der Waals surface area contributed by atoms with Crippen LogP contribution in [0.3, 0.4) is 0 Å². The summed E-state index contributed by atoms with van der Waals surface area (Å²) in [5.74, 6) is 0. The Morgan fingerprint density at radius 3 is 1.67 bits per heavy atom. The van der Waals surface area contributed by atoms with E-state index >= 15 is 0 Å². The van der Waals surface area contributed by atoms with Crippen molar-refractivity contribution in [2.75, 3.05) is 6.16 Å². The van der Waals surface area contributed by atoms with Crippen LogP contribution in [0.1, 0.15) is 57.8 Å². The lowest BCUT2D eigenvalue weighted by molar-refractivity contribution is 0.826. The molecule has 30 heavy (non-hydrogen) atoms. The molecule has 0 bridgehead atoms. The minimum absolute atomic E-state index is 0.149. The van der Waals surface area contributed by atoms with Gasteiger partial charge in [-0.25, -0.2) is 0 Å². The van der Waals surface area contributed by atoms with Gasteiger partial charge in [-0.1, -0.05) is 112 Å². The van der Waals surface area contributed by atoms with Gasteiger partial charge in [0.05, 0.1) is 0 Å². The van der Waals surface area contributed by atoms with E-state index in [1.807, 2.05) is 0 Å². The number of benzene rings is 2. The molecule has 3 aliphatic carbocycles.